The summed E-state index contributed by atoms with van der Waals surface area (Å²) in [6.07, 6.45) is 3.71. The van der Waals surface area contributed by atoms with Crippen molar-refractivity contribution in [3.63, 3.8) is 0 Å². The summed E-state index contributed by atoms with van der Waals surface area (Å²) in [7, 11) is 1.55. The maximum atomic E-state index is 11.8. The van der Waals surface area contributed by atoms with E-state index in [1.54, 1.807) is 25.4 Å². The van der Waals surface area contributed by atoms with Gasteiger partial charge in [0.1, 0.15) is 0 Å². The molecule has 104 valence electrons. The number of carbonyl (C=O) groups is 1. The molecule has 6 heteroatoms. The Morgan fingerprint density at radius 3 is 3.00 bits per heavy atom. The molecule has 2 heterocycles. The fraction of sp³-hybridized carbons (Fsp3) is 0.538. The van der Waals surface area contributed by atoms with Gasteiger partial charge in [0.15, 0.2) is 0 Å². The molecule has 6 nitrogen and oxygen atoms in total. The molecule has 1 aromatic heterocycles. The molecule has 1 aromatic rings. The second kappa shape index (κ2) is 6.38. The maximum absolute atomic E-state index is 11.8. The first-order valence-corrected chi connectivity index (χ1v) is 6.38. The van der Waals surface area contributed by atoms with Crippen molar-refractivity contribution in [2.75, 3.05) is 19.0 Å². The monoisotopic (exact) mass is 265 g/mol. The number of ether oxygens (including phenoxy) is 2. The molecule has 1 fully saturated rings. The normalized spacial score (nSPS) is 19.8. The van der Waals surface area contributed by atoms with Gasteiger partial charge in [-0.25, -0.2) is 9.78 Å². The molecule has 0 radical (unpaired) electrons. The molecule has 2 amide bonds. The number of aromatic nitrogens is 1. The third kappa shape index (κ3) is 3.82. The smallest absolute Gasteiger partial charge is 0.319 e. The highest BCUT2D eigenvalue weighted by Gasteiger charge is 2.23. The van der Waals surface area contributed by atoms with Crippen LogP contribution in [0.3, 0.4) is 0 Å². The zero-order valence-corrected chi connectivity index (χ0v) is 11.2. The second-order valence-electron chi connectivity index (χ2n) is 4.53. The number of methoxy groups -OCH3 is 1. The Balaban J connectivity index is 1.82. The summed E-state index contributed by atoms with van der Waals surface area (Å²) in [4.78, 5) is 15.8. The van der Waals surface area contributed by atoms with E-state index in [1.165, 1.54) is 0 Å². The number of carbonyl (C=O) groups excluding carboxylic acids is 1. The number of hydrogen-bond donors (Lipinski definition) is 2. The van der Waals surface area contributed by atoms with Gasteiger partial charge in [-0.05, 0) is 25.8 Å². The highest BCUT2D eigenvalue weighted by atomic mass is 16.5. The molecule has 2 rings (SSSR count). The van der Waals surface area contributed by atoms with Crippen molar-refractivity contribution in [2.24, 2.45) is 0 Å². The molecule has 2 atom stereocenters. The molecular formula is C13H19N3O3. The Morgan fingerprint density at radius 1 is 1.58 bits per heavy atom. The van der Waals surface area contributed by atoms with Crippen LogP contribution in [0.4, 0.5) is 10.5 Å². The Kier molecular flexibility index (Phi) is 4.57. The van der Waals surface area contributed by atoms with Crippen molar-refractivity contribution in [1.82, 2.24) is 10.3 Å². The minimum absolute atomic E-state index is 0.00583. The van der Waals surface area contributed by atoms with Gasteiger partial charge in [-0.2, -0.15) is 0 Å². The number of nitrogens with one attached hydrogen (secondary N) is 2. The zero-order valence-electron chi connectivity index (χ0n) is 11.2. The van der Waals surface area contributed by atoms with E-state index < -0.39 is 0 Å². The number of urea groups is 1. The minimum atomic E-state index is -0.255. The molecular weight excluding hydrogens is 246 g/mol. The first-order valence-electron chi connectivity index (χ1n) is 6.38. The quantitative estimate of drug-likeness (QED) is 0.870. The molecule has 0 saturated carbocycles. The summed E-state index contributed by atoms with van der Waals surface area (Å²) in [5.74, 6) is 0.513. The Labute approximate surface area is 112 Å². The molecule has 2 N–H and O–H groups in total. The number of anilines is 1. The predicted molar refractivity (Wildman–Crippen MR) is 71.4 cm³/mol. The van der Waals surface area contributed by atoms with Crippen LogP contribution in [0.1, 0.15) is 19.8 Å². The lowest BCUT2D eigenvalue weighted by Gasteiger charge is -2.20. The van der Waals surface area contributed by atoms with E-state index in [0.29, 0.717) is 11.6 Å². The average molecular weight is 265 g/mol. The summed E-state index contributed by atoms with van der Waals surface area (Å²) in [6.45, 7) is 2.72. The van der Waals surface area contributed by atoms with E-state index >= 15 is 0 Å². The van der Waals surface area contributed by atoms with Gasteiger partial charge in [0.25, 0.3) is 0 Å². The third-order valence-electron chi connectivity index (χ3n) is 3.08. The number of rotatable bonds is 4. The van der Waals surface area contributed by atoms with Crippen LogP contribution in [0.5, 0.6) is 5.88 Å². The Bertz CT molecular complexity index is 416. The van der Waals surface area contributed by atoms with Gasteiger partial charge >= 0.3 is 6.03 Å². The van der Waals surface area contributed by atoms with Crippen molar-refractivity contribution in [3.05, 3.63) is 18.3 Å². The van der Waals surface area contributed by atoms with Gasteiger partial charge < -0.3 is 20.1 Å². The van der Waals surface area contributed by atoms with Crippen LogP contribution in [-0.2, 0) is 4.74 Å². The molecule has 1 aliphatic heterocycles. The first kappa shape index (κ1) is 13.6. The van der Waals surface area contributed by atoms with E-state index in [2.05, 4.69) is 15.6 Å². The van der Waals surface area contributed by atoms with Crippen LogP contribution in [0.2, 0.25) is 0 Å². The minimum Gasteiger partial charge on any atom is -0.481 e. The van der Waals surface area contributed by atoms with Gasteiger partial charge in [-0.3, -0.25) is 0 Å². The van der Waals surface area contributed by atoms with Gasteiger partial charge in [-0.1, -0.05) is 0 Å². The highest BCUT2D eigenvalue weighted by molar-refractivity contribution is 5.89. The molecule has 0 aromatic carbocycles. The molecule has 19 heavy (non-hydrogen) atoms. The Morgan fingerprint density at radius 2 is 2.42 bits per heavy atom. The maximum Gasteiger partial charge on any atom is 0.319 e. The number of nitrogens with zero attached hydrogens (tertiary/aromatic N) is 1. The fourth-order valence-electron chi connectivity index (χ4n) is 2.04. The van der Waals surface area contributed by atoms with Gasteiger partial charge in [0, 0.05) is 12.7 Å². The average Bonchev–Trinajstić information content (AvgIpc) is 2.93. The van der Waals surface area contributed by atoms with Gasteiger partial charge in [0.05, 0.1) is 31.1 Å². The van der Waals surface area contributed by atoms with E-state index in [-0.39, 0.29) is 18.2 Å². The molecule has 1 saturated heterocycles. The molecule has 1 aliphatic rings. The summed E-state index contributed by atoms with van der Waals surface area (Å²) >= 11 is 0. The second-order valence-corrected chi connectivity index (χ2v) is 4.53. The van der Waals surface area contributed by atoms with Crippen LogP contribution in [0, 0.1) is 0 Å². The van der Waals surface area contributed by atoms with Crippen molar-refractivity contribution >= 4 is 11.7 Å². The SMILES string of the molecule is COc1ccc(NC(=O)N[C@@H](C)[C@H]2CCCO2)cn1. The van der Waals surface area contributed by atoms with Crippen LogP contribution in [0.25, 0.3) is 0 Å². The van der Waals surface area contributed by atoms with Crippen molar-refractivity contribution in [2.45, 2.75) is 31.9 Å². The van der Waals surface area contributed by atoms with Crippen molar-refractivity contribution < 1.29 is 14.3 Å². The Hall–Kier alpha value is -1.82. The summed E-state index contributed by atoms with van der Waals surface area (Å²) in [5.41, 5.74) is 0.623. The third-order valence-corrected chi connectivity index (χ3v) is 3.08. The van der Waals surface area contributed by atoms with E-state index in [0.717, 1.165) is 19.4 Å². The molecule has 0 unspecified atom stereocenters. The largest absolute Gasteiger partial charge is 0.481 e. The van der Waals surface area contributed by atoms with Crippen molar-refractivity contribution in [3.8, 4) is 5.88 Å². The zero-order chi connectivity index (χ0) is 13.7. The number of pyridine rings is 1. The predicted octanol–water partition coefficient (Wildman–Crippen LogP) is 1.78. The van der Waals surface area contributed by atoms with Crippen LogP contribution < -0.4 is 15.4 Å². The molecule has 0 aliphatic carbocycles. The first-order chi connectivity index (χ1) is 9.19. The van der Waals surface area contributed by atoms with Gasteiger partial charge in [-0.15, -0.1) is 0 Å². The standard InChI is InChI=1S/C13H19N3O3/c1-9(11-4-3-7-19-11)15-13(17)16-10-5-6-12(18-2)14-8-10/h5-6,8-9,11H,3-4,7H2,1-2H3,(H2,15,16,17)/t9-,11+/m0/s1. The summed E-state index contributed by atoms with van der Waals surface area (Å²) in [5, 5.41) is 5.59. The highest BCUT2D eigenvalue weighted by Crippen LogP contribution is 2.15. The topological polar surface area (TPSA) is 72.5 Å². The van der Waals surface area contributed by atoms with Crippen LogP contribution in [0.15, 0.2) is 18.3 Å². The van der Waals surface area contributed by atoms with Crippen molar-refractivity contribution in [1.29, 1.82) is 0 Å². The fourth-order valence-corrected chi connectivity index (χ4v) is 2.04. The lowest BCUT2D eigenvalue weighted by atomic mass is 10.1. The van der Waals surface area contributed by atoms with E-state index in [1.807, 2.05) is 6.92 Å². The lowest BCUT2D eigenvalue weighted by Crippen LogP contribution is -2.42. The van der Waals surface area contributed by atoms with Crippen LogP contribution in [-0.4, -0.2) is 36.9 Å². The van der Waals surface area contributed by atoms with Crippen LogP contribution >= 0.6 is 0 Å². The molecule has 0 bridgehead atoms. The van der Waals surface area contributed by atoms with Gasteiger partial charge in [0.2, 0.25) is 5.88 Å². The van der Waals surface area contributed by atoms with E-state index in [4.69, 9.17) is 9.47 Å². The number of hydrogen-bond acceptors (Lipinski definition) is 4. The lowest BCUT2D eigenvalue weighted by molar-refractivity contribution is 0.0868. The molecule has 0 spiro atoms. The number of amides is 2. The summed E-state index contributed by atoms with van der Waals surface area (Å²) in [6, 6.07) is 3.17. The van der Waals surface area contributed by atoms with E-state index in [9.17, 15) is 4.79 Å². The summed E-state index contributed by atoms with van der Waals surface area (Å²) < 4.78 is 10.5.